The summed E-state index contributed by atoms with van der Waals surface area (Å²) >= 11 is 6.09. The number of nitrogens with one attached hydrogen (secondary N) is 2. The maximum Gasteiger partial charge on any atom is 0.425 e. The molecule has 1 aromatic carbocycles. The van der Waals surface area contributed by atoms with E-state index in [9.17, 15) is 26.3 Å². The van der Waals surface area contributed by atoms with E-state index in [-0.39, 0.29) is 15.7 Å². The van der Waals surface area contributed by atoms with Crippen molar-refractivity contribution >= 4 is 40.3 Å². The summed E-state index contributed by atoms with van der Waals surface area (Å²) in [5.74, 6) is -0.437. The summed E-state index contributed by atoms with van der Waals surface area (Å²) in [6.45, 7) is 0. The van der Waals surface area contributed by atoms with Crippen molar-refractivity contribution in [1.82, 2.24) is 0 Å². The fraction of sp³-hybridized carbons (Fsp3) is 0.214. The first-order chi connectivity index (χ1) is 11.4. The smallest absolute Gasteiger partial charge is 0.326 e. The second kappa shape index (κ2) is 6.75. The zero-order valence-corrected chi connectivity index (χ0v) is 14.0. The lowest BCUT2D eigenvalue weighted by Crippen LogP contribution is -2.32. The third kappa shape index (κ3) is 4.57. The molecule has 0 fully saturated rings. The van der Waals surface area contributed by atoms with Crippen LogP contribution in [0.15, 0.2) is 30.3 Å². The van der Waals surface area contributed by atoms with E-state index in [4.69, 9.17) is 17.0 Å². The summed E-state index contributed by atoms with van der Waals surface area (Å²) < 4.78 is 76.0. The van der Waals surface area contributed by atoms with Gasteiger partial charge in [-0.1, -0.05) is 17.7 Å². The Hall–Kier alpha value is -1.94. The van der Waals surface area contributed by atoms with Crippen molar-refractivity contribution in [2.45, 2.75) is 12.4 Å². The molecule has 2 aromatic rings. The van der Waals surface area contributed by atoms with E-state index in [1.54, 1.807) is 0 Å². The average molecular weight is 402 g/mol. The number of anilines is 2. The van der Waals surface area contributed by atoms with Gasteiger partial charge in [0.25, 0.3) is 0 Å². The van der Waals surface area contributed by atoms with Gasteiger partial charge in [-0.15, -0.1) is 11.3 Å². The topological polar surface area (TPSA) is 39.1 Å². The van der Waals surface area contributed by atoms with Gasteiger partial charge in [0.05, 0.1) is 11.3 Å². The molecular weight excluding hydrogens is 392 g/mol. The Bertz CT molecular complexity index is 784. The zero-order valence-electron chi connectivity index (χ0n) is 12.4. The number of hydrogen-bond donors (Lipinski definition) is 2. The van der Waals surface area contributed by atoms with Crippen molar-refractivity contribution in [3.63, 3.8) is 0 Å². The molecule has 0 unspecified atom stereocenters. The Morgan fingerprint density at radius 2 is 1.76 bits per heavy atom. The molecule has 0 amide bonds. The van der Waals surface area contributed by atoms with E-state index in [1.165, 1.54) is 13.1 Å². The normalized spacial score (nSPS) is 12.2. The van der Waals surface area contributed by atoms with Crippen LogP contribution in [0.3, 0.4) is 0 Å². The first-order valence-corrected chi connectivity index (χ1v) is 7.72. The van der Waals surface area contributed by atoms with Crippen LogP contribution in [-0.4, -0.2) is 13.0 Å². The molecule has 1 heterocycles. The number of alkyl halides is 6. The summed E-state index contributed by atoms with van der Waals surface area (Å²) in [5, 5.41) is 10.3. The molecule has 0 saturated heterocycles. The van der Waals surface area contributed by atoms with E-state index >= 15 is 0 Å². The SMILES string of the molecule is CN(C(=N)Nc1cccc(C(F)(F)F)c1)c1cc(C(F)(F)F)sc1Cl. The van der Waals surface area contributed by atoms with Crippen molar-refractivity contribution < 1.29 is 26.3 Å². The predicted molar refractivity (Wildman–Crippen MR) is 85.5 cm³/mol. The minimum atomic E-state index is -4.58. The van der Waals surface area contributed by atoms with Gasteiger partial charge in [-0.2, -0.15) is 26.3 Å². The lowest BCUT2D eigenvalue weighted by molar-refractivity contribution is -0.137. The molecule has 11 heteroatoms. The van der Waals surface area contributed by atoms with Gasteiger partial charge in [-0.25, -0.2) is 0 Å². The number of nitrogens with zero attached hydrogens (tertiary/aromatic N) is 1. The molecule has 3 nitrogen and oxygen atoms in total. The van der Waals surface area contributed by atoms with Crippen molar-refractivity contribution in [3.8, 4) is 0 Å². The van der Waals surface area contributed by atoms with Crippen LogP contribution >= 0.6 is 22.9 Å². The molecule has 0 radical (unpaired) electrons. The first kappa shape index (κ1) is 19.4. The predicted octanol–water partition coefficient (Wildman–Crippen LogP) is 5.92. The van der Waals surface area contributed by atoms with Gasteiger partial charge in [0.1, 0.15) is 9.21 Å². The molecule has 2 N–H and O–H groups in total. The molecule has 2 rings (SSSR count). The van der Waals surface area contributed by atoms with Crippen LogP contribution in [0.4, 0.5) is 37.7 Å². The van der Waals surface area contributed by atoms with E-state index in [1.807, 2.05) is 0 Å². The number of rotatable bonds is 2. The second-order valence-corrected chi connectivity index (χ2v) is 6.53. The molecule has 0 saturated carbocycles. The Labute approximate surface area is 147 Å². The van der Waals surface area contributed by atoms with Gasteiger partial charge >= 0.3 is 12.4 Å². The monoisotopic (exact) mass is 401 g/mol. The molecule has 0 aliphatic carbocycles. The number of guanidine groups is 1. The van der Waals surface area contributed by atoms with E-state index in [2.05, 4.69) is 5.32 Å². The van der Waals surface area contributed by atoms with Crippen molar-refractivity contribution in [2.75, 3.05) is 17.3 Å². The summed E-state index contributed by atoms with van der Waals surface area (Å²) in [6, 6.07) is 4.88. The summed E-state index contributed by atoms with van der Waals surface area (Å²) in [4.78, 5) is 0.0696. The largest absolute Gasteiger partial charge is 0.425 e. The van der Waals surface area contributed by atoms with Crippen molar-refractivity contribution in [3.05, 3.63) is 45.1 Å². The highest BCUT2D eigenvalue weighted by molar-refractivity contribution is 7.17. The van der Waals surface area contributed by atoms with Crippen LogP contribution in [-0.2, 0) is 12.4 Å². The molecule has 0 aliphatic rings. The van der Waals surface area contributed by atoms with Gasteiger partial charge in [-0.3, -0.25) is 5.41 Å². The summed E-state index contributed by atoms with van der Waals surface area (Å²) in [5.41, 5.74) is -1.03. The van der Waals surface area contributed by atoms with Gasteiger partial charge in [0, 0.05) is 12.7 Å². The lowest BCUT2D eigenvalue weighted by atomic mass is 10.2. The number of hydrogen-bond acceptors (Lipinski definition) is 2. The lowest BCUT2D eigenvalue weighted by Gasteiger charge is -2.20. The van der Waals surface area contributed by atoms with Gasteiger partial charge in [0.2, 0.25) is 0 Å². The van der Waals surface area contributed by atoms with Gasteiger partial charge in [-0.05, 0) is 24.3 Å². The molecule has 0 aliphatic heterocycles. The van der Waals surface area contributed by atoms with Crippen LogP contribution in [0.2, 0.25) is 4.34 Å². The average Bonchev–Trinajstić information content (AvgIpc) is 2.88. The standard InChI is InChI=1S/C14H10ClF6N3S/c1-24(9-6-10(14(19,20)21)25-11(9)15)12(22)23-8-4-2-3-7(5-8)13(16,17)18/h2-6H,1H3,(H2,22,23). The van der Waals surface area contributed by atoms with E-state index in [0.717, 1.165) is 29.2 Å². The second-order valence-electron chi connectivity index (χ2n) is 4.88. The molecule has 25 heavy (non-hydrogen) atoms. The fourth-order valence-electron chi connectivity index (χ4n) is 1.84. The first-order valence-electron chi connectivity index (χ1n) is 6.52. The van der Waals surface area contributed by atoms with Crippen LogP contribution < -0.4 is 10.2 Å². The quantitative estimate of drug-likeness (QED) is 0.372. The molecule has 1 aromatic heterocycles. The number of benzene rings is 1. The molecule has 0 bridgehead atoms. The van der Waals surface area contributed by atoms with Crippen LogP contribution in [0.25, 0.3) is 0 Å². The number of halogens is 7. The van der Waals surface area contributed by atoms with Crippen molar-refractivity contribution in [2.24, 2.45) is 0 Å². The minimum Gasteiger partial charge on any atom is -0.326 e. The fourth-order valence-corrected chi connectivity index (χ4v) is 3.05. The van der Waals surface area contributed by atoms with E-state index in [0.29, 0.717) is 11.3 Å². The summed E-state index contributed by atoms with van der Waals surface area (Å²) in [6.07, 6.45) is -9.13. The highest BCUT2D eigenvalue weighted by atomic mass is 35.5. The van der Waals surface area contributed by atoms with Crippen LogP contribution in [0.1, 0.15) is 10.4 Å². The van der Waals surface area contributed by atoms with E-state index < -0.39 is 28.8 Å². The highest BCUT2D eigenvalue weighted by Gasteiger charge is 2.34. The maximum atomic E-state index is 12.7. The minimum absolute atomic E-state index is 0.0333. The van der Waals surface area contributed by atoms with Crippen molar-refractivity contribution in [1.29, 1.82) is 5.41 Å². The van der Waals surface area contributed by atoms with Crippen LogP contribution in [0, 0.1) is 5.41 Å². The molecule has 136 valence electrons. The highest BCUT2D eigenvalue weighted by Crippen LogP contribution is 2.42. The van der Waals surface area contributed by atoms with Gasteiger partial charge in [0.15, 0.2) is 5.96 Å². The molecule has 0 spiro atoms. The Morgan fingerprint density at radius 3 is 2.28 bits per heavy atom. The Kier molecular flexibility index (Phi) is 5.24. The molecular formula is C14H10ClF6N3S. The number of thiophene rings is 1. The third-order valence-electron chi connectivity index (χ3n) is 3.10. The maximum absolute atomic E-state index is 12.7. The Balaban J connectivity index is 2.20. The van der Waals surface area contributed by atoms with Crippen LogP contribution in [0.5, 0.6) is 0 Å². The zero-order chi connectivity index (χ0) is 19.0. The third-order valence-corrected chi connectivity index (χ3v) is 4.48. The Morgan fingerprint density at radius 1 is 1.12 bits per heavy atom. The summed E-state index contributed by atoms with van der Waals surface area (Å²) in [7, 11) is 1.27. The van der Waals surface area contributed by atoms with Gasteiger partial charge < -0.3 is 10.2 Å². The molecule has 0 atom stereocenters.